The van der Waals surface area contributed by atoms with E-state index < -0.39 is 11.7 Å². The summed E-state index contributed by atoms with van der Waals surface area (Å²) < 4.78 is 5.06. The summed E-state index contributed by atoms with van der Waals surface area (Å²) in [6.07, 6.45) is -0.668. The van der Waals surface area contributed by atoms with Crippen molar-refractivity contribution >= 4 is 11.9 Å². The predicted molar refractivity (Wildman–Crippen MR) is 68.1 cm³/mol. The summed E-state index contributed by atoms with van der Waals surface area (Å²) in [5.41, 5.74) is 6.92. The lowest BCUT2D eigenvalue weighted by molar-refractivity contribution is 0.0604. The van der Waals surface area contributed by atoms with E-state index in [1.807, 2.05) is 31.2 Å². The highest BCUT2D eigenvalue weighted by molar-refractivity contribution is 6.03. The molecule has 0 unspecified atom stereocenters. The molecule has 1 aromatic rings. The summed E-state index contributed by atoms with van der Waals surface area (Å²) in [6, 6.07) is 7.48. The Labute approximate surface area is 101 Å². The number of amidine groups is 1. The number of rotatable bonds is 1. The van der Waals surface area contributed by atoms with Crippen LogP contribution in [-0.2, 0) is 4.74 Å². The van der Waals surface area contributed by atoms with Gasteiger partial charge in [-0.25, -0.2) is 4.79 Å². The smallest absolute Gasteiger partial charge is 0.436 e. The molecule has 92 valence electrons. The van der Waals surface area contributed by atoms with E-state index in [0.29, 0.717) is 0 Å². The average molecular weight is 234 g/mol. The van der Waals surface area contributed by atoms with Gasteiger partial charge in [0.25, 0.3) is 0 Å². The molecule has 0 heterocycles. The lowest BCUT2D eigenvalue weighted by Crippen LogP contribution is -2.24. The van der Waals surface area contributed by atoms with E-state index in [0.717, 1.165) is 11.1 Å². The Morgan fingerprint density at radius 1 is 1.29 bits per heavy atom. The molecule has 0 fully saturated rings. The van der Waals surface area contributed by atoms with E-state index in [1.54, 1.807) is 20.8 Å². The van der Waals surface area contributed by atoms with Gasteiger partial charge in [0, 0.05) is 5.56 Å². The Balaban J connectivity index is 2.87. The second-order valence-corrected chi connectivity index (χ2v) is 4.79. The maximum absolute atomic E-state index is 11.5. The number of amides is 1. The fourth-order valence-corrected chi connectivity index (χ4v) is 1.30. The second kappa shape index (κ2) is 4.99. The number of aliphatic imine (C=N–C) groups is 1. The van der Waals surface area contributed by atoms with Crippen LogP contribution in [0.15, 0.2) is 29.3 Å². The van der Waals surface area contributed by atoms with Crippen LogP contribution in [0.5, 0.6) is 0 Å². The third-order valence-electron chi connectivity index (χ3n) is 2.03. The fourth-order valence-electron chi connectivity index (χ4n) is 1.30. The Kier molecular flexibility index (Phi) is 3.89. The molecule has 2 N–H and O–H groups in total. The number of nitrogens with two attached hydrogens (primary N) is 1. The molecule has 0 aliphatic carbocycles. The van der Waals surface area contributed by atoms with Gasteiger partial charge in [-0.3, -0.25) is 0 Å². The van der Waals surface area contributed by atoms with Crippen molar-refractivity contribution < 1.29 is 9.53 Å². The molecule has 1 aromatic carbocycles. The molecular formula is C13H18N2O2. The summed E-state index contributed by atoms with van der Waals surface area (Å²) >= 11 is 0. The van der Waals surface area contributed by atoms with E-state index in [1.165, 1.54) is 0 Å². The molecule has 1 rings (SSSR count). The lowest BCUT2D eigenvalue weighted by Gasteiger charge is -2.17. The predicted octanol–water partition coefficient (Wildman–Crippen LogP) is 2.64. The van der Waals surface area contributed by atoms with Crippen LogP contribution in [0, 0.1) is 6.92 Å². The summed E-state index contributed by atoms with van der Waals surface area (Å²) in [4.78, 5) is 15.2. The van der Waals surface area contributed by atoms with Crippen molar-refractivity contribution in [2.45, 2.75) is 33.3 Å². The molecule has 4 nitrogen and oxygen atoms in total. The zero-order valence-corrected chi connectivity index (χ0v) is 10.7. The quantitative estimate of drug-likeness (QED) is 0.600. The normalized spacial score (nSPS) is 12.4. The maximum Gasteiger partial charge on any atom is 0.436 e. The third kappa shape index (κ3) is 4.26. The van der Waals surface area contributed by atoms with Crippen molar-refractivity contribution in [2.24, 2.45) is 10.7 Å². The van der Waals surface area contributed by atoms with Crippen LogP contribution in [-0.4, -0.2) is 17.5 Å². The molecule has 0 saturated carbocycles. The SMILES string of the molecule is Cc1ccccc1/C(N)=N/C(=O)OC(C)(C)C. The number of benzene rings is 1. The van der Waals surface area contributed by atoms with Crippen molar-refractivity contribution in [2.75, 3.05) is 0 Å². The molecule has 0 aromatic heterocycles. The number of hydrogen-bond acceptors (Lipinski definition) is 2. The van der Waals surface area contributed by atoms with Gasteiger partial charge in [0.2, 0.25) is 0 Å². The van der Waals surface area contributed by atoms with Crippen LogP contribution in [0.4, 0.5) is 4.79 Å². The van der Waals surface area contributed by atoms with Crippen LogP contribution >= 0.6 is 0 Å². The van der Waals surface area contributed by atoms with Crippen LogP contribution in [0.1, 0.15) is 31.9 Å². The first-order chi connectivity index (χ1) is 7.79. The topological polar surface area (TPSA) is 64.7 Å². The highest BCUT2D eigenvalue weighted by atomic mass is 16.6. The number of ether oxygens (including phenoxy) is 1. The van der Waals surface area contributed by atoms with Gasteiger partial charge >= 0.3 is 6.09 Å². The highest BCUT2D eigenvalue weighted by Crippen LogP contribution is 2.10. The van der Waals surface area contributed by atoms with E-state index in [2.05, 4.69) is 4.99 Å². The van der Waals surface area contributed by atoms with Gasteiger partial charge in [0.1, 0.15) is 11.4 Å². The van der Waals surface area contributed by atoms with Gasteiger partial charge in [-0.1, -0.05) is 24.3 Å². The molecule has 4 heteroatoms. The van der Waals surface area contributed by atoms with Crippen LogP contribution in [0.25, 0.3) is 0 Å². The molecule has 0 saturated heterocycles. The van der Waals surface area contributed by atoms with E-state index in [4.69, 9.17) is 10.5 Å². The molecule has 17 heavy (non-hydrogen) atoms. The summed E-state index contributed by atoms with van der Waals surface area (Å²) in [5.74, 6) is 0.178. The summed E-state index contributed by atoms with van der Waals surface area (Å²) in [5, 5.41) is 0. The van der Waals surface area contributed by atoms with Crippen molar-refractivity contribution in [1.29, 1.82) is 0 Å². The van der Waals surface area contributed by atoms with Crippen LogP contribution in [0.2, 0.25) is 0 Å². The zero-order chi connectivity index (χ0) is 13.1. The Morgan fingerprint density at radius 2 is 1.88 bits per heavy atom. The molecule has 1 amide bonds. The minimum atomic E-state index is -0.668. The van der Waals surface area contributed by atoms with Gasteiger partial charge in [-0.05, 0) is 33.3 Å². The lowest BCUT2D eigenvalue weighted by atomic mass is 10.1. The first kappa shape index (κ1) is 13.2. The van der Waals surface area contributed by atoms with Crippen LogP contribution in [0.3, 0.4) is 0 Å². The summed E-state index contributed by atoms with van der Waals surface area (Å²) in [7, 11) is 0. The molecular weight excluding hydrogens is 216 g/mol. The molecule has 0 aliphatic rings. The first-order valence-corrected chi connectivity index (χ1v) is 5.43. The number of aryl methyl sites for hydroxylation is 1. The monoisotopic (exact) mass is 234 g/mol. The van der Waals surface area contributed by atoms with Gasteiger partial charge < -0.3 is 10.5 Å². The molecule has 0 radical (unpaired) electrons. The van der Waals surface area contributed by atoms with Crippen molar-refractivity contribution in [3.63, 3.8) is 0 Å². The van der Waals surface area contributed by atoms with Gasteiger partial charge in [0.05, 0.1) is 0 Å². The highest BCUT2D eigenvalue weighted by Gasteiger charge is 2.16. The standard InChI is InChI=1S/C13H18N2O2/c1-9-7-5-6-8-10(9)11(14)15-12(16)17-13(2,3)4/h5-8H,1-4H3,(H2,14,15,16). The van der Waals surface area contributed by atoms with Gasteiger partial charge in [0.15, 0.2) is 0 Å². The zero-order valence-electron chi connectivity index (χ0n) is 10.7. The van der Waals surface area contributed by atoms with Gasteiger partial charge in [-0.15, -0.1) is 0 Å². The molecule has 0 aliphatic heterocycles. The Bertz CT molecular complexity index is 445. The summed E-state index contributed by atoms with van der Waals surface area (Å²) in [6.45, 7) is 7.26. The molecule has 0 spiro atoms. The van der Waals surface area contributed by atoms with E-state index >= 15 is 0 Å². The third-order valence-corrected chi connectivity index (χ3v) is 2.03. The molecule has 0 bridgehead atoms. The fraction of sp³-hybridized carbons (Fsp3) is 0.385. The van der Waals surface area contributed by atoms with Crippen molar-refractivity contribution in [3.8, 4) is 0 Å². The maximum atomic E-state index is 11.5. The van der Waals surface area contributed by atoms with E-state index in [9.17, 15) is 4.79 Å². The first-order valence-electron chi connectivity index (χ1n) is 5.43. The number of carbonyl (C=O) groups excluding carboxylic acids is 1. The number of hydrogen-bond donors (Lipinski definition) is 1. The van der Waals surface area contributed by atoms with Gasteiger partial charge in [-0.2, -0.15) is 4.99 Å². The Hall–Kier alpha value is -1.84. The van der Waals surface area contributed by atoms with Crippen molar-refractivity contribution in [3.05, 3.63) is 35.4 Å². The van der Waals surface area contributed by atoms with Crippen molar-refractivity contribution in [1.82, 2.24) is 0 Å². The second-order valence-electron chi connectivity index (χ2n) is 4.79. The average Bonchev–Trinajstić information content (AvgIpc) is 2.14. The van der Waals surface area contributed by atoms with E-state index in [-0.39, 0.29) is 5.84 Å². The number of carbonyl (C=O) groups is 1. The molecule has 0 atom stereocenters. The largest absolute Gasteiger partial charge is 0.442 e. The minimum Gasteiger partial charge on any atom is -0.442 e. The number of nitrogens with zero attached hydrogens (tertiary/aromatic N) is 1. The Morgan fingerprint density at radius 3 is 2.41 bits per heavy atom. The minimum absolute atomic E-state index is 0.178. The van der Waals surface area contributed by atoms with Crippen LogP contribution < -0.4 is 5.73 Å².